The number of aliphatic hydroxyl groups excluding tert-OH is 1. The first-order chi connectivity index (χ1) is 10.5. The van der Waals surface area contributed by atoms with Crippen molar-refractivity contribution in [2.45, 2.75) is 25.6 Å². The monoisotopic (exact) mass is 305 g/mol. The van der Waals surface area contributed by atoms with Crippen LogP contribution in [0.25, 0.3) is 5.65 Å². The number of halogens is 1. The van der Waals surface area contributed by atoms with Gasteiger partial charge in [-0.2, -0.15) is 0 Å². The van der Waals surface area contributed by atoms with E-state index in [0.717, 1.165) is 5.56 Å². The van der Waals surface area contributed by atoms with E-state index in [2.05, 4.69) is 4.98 Å². The highest BCUT2D eigenvalue weighted by atomic mass is 19.1. The fourth-order valence-corrected chi connectivity index (χ4v) is 2.77. The molecule has 2 aromatic heterocycles. The largest absolute Gasteiger partial charge is 0.394 e. The number of hydrogen-bond donors (Lipinski definition) is 1. The summed E-state index contributed by atoms with van der Waals surface area (Å²) in [5, 5.41) is 9.27. The first kappa shape index (κ1) is 14.6. The summed E-state index contributed by atoms with van der Waals surface area (Å²) in [5.41, 5.74) is 0.697. The number of carbonyl (C=O) groups excluding carboxylic acids is 1. The molecule has 3 heterocycles. The smallest absolute Gasteiger partial charge is 0.270 e. The molecule has 1 fully saturated rings. The molecule has 1 saturated heterocycles. The quantitative estimate of drug-likeness (QED) is 0.879. The van der Waals surface area contributed by atoms with Gasteiger partial charge in [-0.25, -0.2) is 9.37 Å². The number of aromatic nitrogens is 2. The van der Waals surface area contributed by atoms with Crippen molar-refractivity contribution in [3.05, 3.63) is 46.0 Å². The van der Waals surface area contributed by atoms with Crippen molar-refractivity contribution in [2.75, 3.05) is 13.2 Å². The summed E-state index contributed by atoms with van der Waals surface area (Å²) >= 11 is 0. The Morgan fingerprint density at radius 1 is 1.50 bits per heavy atom. The molecule has 0 saturated carbocycles. The number of alkyl halides is 1. The van der Waals surface area contributed by atoms with Gasteiger partial charge in [0, 0.05) is 18.8 Å². The summed E-state index contributed by atoms with van der Waals surface area (Å²) < 4.78 is 14.8. The number of carbonyl (C=O) groups is 1. The van der Waals surface area contributed by atoms with Gasteiger partial charge < -0.3 is 10.0 Å². The zero-order valence-electron chi connectivity index (χ0n) is 12.1. The number of aliphatic hydroxyl groups is 1. The number of hydrogen-bond acceptors (Lipinski definition) is 4. The molecule has 6 nitrogen and oxygen atoms in total. The summed E-state index contributed by atoms with van der Waals surface area (Å²) in [6.45, 7) is 1.39. The molecule has 116 valence electrons. The minimum atomic E-state index is -1.18. The zero-order chi connectivity index (χ0) is 15.9. The highest BCUT2D eigenvalue weighted by Crippen LogP contribution is 2.21. The van der Waals surface area contributed by atoms with Gasteiger partial charge >= 0.3 is 0 Å². The highest BCUT2D eigenvalue weighted by molar-refractivity contribution is 5.94. The first-order valence-electron chi connectivity index (χ1n) is 7.05. The van der Waals surface area contributed by atoms with Crippen LogP contribution in [0.15, 0.2) is 29.3 Å². The summed E-state index contributed by atoms with van der Waals surface area (Å²) in [6, 6.07) is 2.91. The molecule has 2 atom stereocenters. The van der Waals surface area contributed by atoms with Crippen LogP contribution in [0, 0.1) is 6.92 Å². The number of pyridine rings is 1. The normalized spacial score (nSPS) is 21.5. The maximum atomic E-state index is 13.5. The Morgan fingerprint density at radius 3 is 3.00 bits per heavy atom. The van der Waals surface area contributed by atoms with Crippen molar-refractivity contribution in [2.24, 2.45) is 0 Å². The minimum absolute atomic E-state index is 0.0870. The molecular formula is C15H16FN3O3. The van der Waals surface area contributed by atoms with E-state index in [9.17, 15) is 19.1 Å². The second-order valence-electron chi connectivity index (χ2n) is 5.54. The van der Waals surface area contributed by atoms with Gasteiger partial charge in [0.25, 0.3) is 11.5 Å². The Labute approximate surface area is 125 Å². The lowest BCUT2D eigenvalue weighted by Gasteiger charge is -2.22. The van der Waals surface area contributed by atoms with Crippen LogP contribution >= 0.6 is 0 Å². The van der Waals surface area contributed by atoms with Crippen LogP contribution < -0.4 is 5.56 Å². The zero-order valence-corrected chi connectivity index (χ0v) is 12.1. The van der Waals surface area contributed by atoms with Crippen molar-refractivity contribution in [1.82, 2.24) is 14.3 Å². The molecule has 0 aliphatic carbocycles. The van der Waals surface area contributed by atoms with Gasteiger partial charge in [0.05, 0.1) is 19.2 Å². The summed E-state index contributed by atoms with van der Waals surface area (Å²) in [7, 11) is 0. The molecule has 0 spiro atoms. The maximum absolute atomic E-state index is 13.5. The van der Waals surface area contributed by atoms with E-state index in [1.54, 1.807) is 12.3 Å². The topological polar surface area (TPSA) is 74.9 Å². The van der Waals surface area contributed by atoms with Crippen molar-refractivity contribution in [1.29, 1.82) is 0 Å². The number of fused-ring (bicyclic) bond motifs is 1. The Bertz CT molecular complexity index is 789. The Kier molecular flexibility index (Phi) is 3.66. The van der Waals surface area contributed by atoms with Crippen molar-refractivity contribution in [3.8, 4) is 0 Å². The van der Waals surface area contributed by atoms with E-state index in [4.69, 9.17) is 0 Å². The second kappa shape index (κ2) is 5.49. The van der Waals surface area contributed by atoms with Crippen LogP contribution in [0.1, 0.15) is 22.3 Å². The first-order valence-corrected chi connectivity index (χ1v) is 7.05. The van der Waals surface area contributed by atoms with Gasteiger partial charge in [-0.3, -0.25) is 14.0 Å². The third-order valence-electron chi connectivity index (χ3n) is 3.92. The van der Waals surface area contributed by atoms with Crippen LogP contribution in [-0.4, -0.2) is 50.7 Å². The van der Waals surface area contributed by atoms with Crippen LogP contribution in [0.2, 0.25) is 0 Å². The average Bonchev–Trinajstić information content (AvgIpc) is 2.89. The molecule has 1 amide bonds. The predicted octanol–water partition coefficient (Wildman–Crippen LogP) is 0.548. The van der Waals surface area contributed by atoms with E-state index < -0.39 is 23.7 Å². The van der Waals surface area contributed by atoms with E-state index in [1.165, 1.54) is 15.5 Å². The number of rotatable bonds is 2. The van der Waals surface area contributed by atoms with Crippen LogP contribution in [-0.2, 0) is 0 Å². The van der Waals surface area contributed by atoms with E-state index in [0.29, 0.717) is 5.65 Å². The van der Waals surface area contributed by atoms with Crippen LogP contribution in [0.3, 0.4) is 0 Å². The molecule has 22 heavy (non-hydrogen) atoms. The van der Waals surface area contributed by atoms with Gasteiger partial charge in [-0.1, -0.05) is 6.07 Å². The summed E-state index contributed by atoms with van der Waals surface area (Å²) in [4.78, 5) is 30.3. The Hall–Kier alpha value is -2.28. The Morgan fingerprint density at radius 2 is 2.27 bits per heavy atom. The molecule has 1 aliphatic heterocycles. The number of amides is 1. The average molecular weight is 305 g/mol. The standard InChI is InChI=1S/C15H16FN3O3/c1-9-2-3-13-17-5-12(15(22)19(13)6-9)14(21)18-7-10(16)4-11(18)8-20/h2-3,5-6,10-11,20H,4,7-8H2,1H3/t10-,11-/m0/s1. The van der Waals surface area contributed by atoms with Crippen molar-refractivity contribution < 1.29 is 14.3 Å². The van der Waals surface area contributed by atoms with Gasteiger partial charge in [0.2, 0.25) is 0 Å². The molecule has 3 rings (SSSR count). The molecule has 0 unspecified atom stereocenters. The molecule has 7 heteroatoms. The Balaban J connectivity index is 2.05. The third kappa shape index (κ3) is 2.37. The minimum Gasteiger partial charge on any atom is -0.394 e. The molecule has 1 aliphatic rings. The van der Waals surface area contributed by atoms with Gasteiger partial charge in [-0.05, 0) is 18.6 Å². The molecule has 0 radical (unpaired) electrons. The fourth-order valence-electron chi connectivity index (χ4n) is 2.77. The van der Waals surface area contributed by atoms with Gasteiger partial charge in [0.1, 0.15) is 17.4 Å². The fraction of sp³-hybridized carbons (Fsp3) is 0.400. The number of aryl methyl sites for hydroxylation is 1. The second-order valence-corrected chi connectivity index (χ2v) is 5.54. The maximum Gasteiger partial charge on any atom is 0.270 e. The van der Waals surface area contributed by atoms with Gasteiger partial charge in [-0.15, -0.1) is 0 Å². The molecule has 0 bridgehead atoms. The van der Waals surface area contributed by atoms with E-state index in [1.807, 2.05) is 13.0 Å². The van der Waals surface area contributed by atoms with E-state index in [-0.39, 0.29) is 25.1 Å². The SMILES string of the molecule is Cc1ccc2ncc(C(=O)N3C[C@@H](F)C[C@H]3CO)c(=O)n2c1. The van der Waals surface area contributed by atoms with Crippen molar-refractivity contribution in [3.63, 3.8) is 0 Å². The lowest BCUT2D eigenvalue weighted by Crippen LogP contribution is -2.40. The van der Waals surface area contributed by atoms with Crippen LogP contribution in [0.5, 0.6) is 0 Å². The van der Waals surface area contributed by atoms with Crippen LogP contribution in [0.4, 0.5) is 4.39 Å². The number of nitrogens with zero attached hydrogens (tertiary/aromatic N) is 3. The van der Waals surface area contributed by atoms with E-state index >= 15 is 0 Å². The third-order valence-corrected chi connectivity index (χ3v) is 3.92. The summed E-state index contributed by atoms with van der Waals surface area (Å²) in [6.07, 6.45) is 1.73. The lowest BCUT2D eigenvalue weighted by molar-refractivity contribution is 0.0670. The van der Waals surface area contributed by atoms with Gasteiger partial charge in [0.15, 0.2) is 0 Å². The molecule has 1 N–H and O–H groups in total. The molecular weight excluding hydrogens is 289 g/mol. The predicted molar refractivity (Wildman–Crippen MR) is 77.6 cm³/mol. The number of likely N-dealkylation sites (tertiary alicyclic amines) is 1. The lowest BCUT2D eigenvalue weighted by atomic mass is 10.2. The summed E-state index contributed by atoms with van der Waals surface area (Å²) in [5.74, 6) is -0.590. The van der Waals surface area contributed by atoms with Crippen molar-refractivity contribution >= 4 is 11.6 Å². The highest BCUT2D eigenvalue weighted by Gasteiger charge is 2.36. The molecule has 0 aromatic carbocycles. The molecule has 2 aromatic rings.